The average molecular weight is 559 g/mol. The van der Waals surface area contributed by atoms with Crippen molar-refractivity contribution in [3.63, 3.8) is 0 Å². The maximum atomic E-state index is 13.8. The van der Waals surface area contributed by atoms with Crippen LogP contribution in [0, 0.1) is 0 Å². The summed E-state index contributed by atoms with van der Waals surface area (Å²) in [5.74, 6) is -4.01. The number of aliphatic carboxylic acids is 2. The van der Waals surface area contributed by atoms with E-state index in [9.17, 15) is 29.1 Å². The number of aromatic nitrogens is 1. The third kappa shape index (κ3) is 8.02. The Morgan fingerprint density at radius 2 is 1.80 bits per heavy atom. The summed E-state index contributed by atoms with van der Waals surface area (Å²) in [4.78, 5) is 67.0. The van der Waals surface area contributed by atoms with E-state index in [1.807, 2.05) is 24.3 Å². The summed E-state index contributed by atoms with van der Waals surface area (Å²) in [5.41, 5.74) is 13.0. The summed E-state index contributed by atoms with van der Waals surface area (Å²) in [6.07, 6.45) is 3.67. The number of nitrogens with two attached hydrogens (primary N) is 2. The SMILES string of the molecule is NCCCCC(NC(=O)C1CCCN1C(=O)C(Cc1c[nH]c2ccccc12)NC(=O)C(N)CCC(=O)O)C(=O)O. The largest absolute Gasteiger partial charge is 0.481 e. The molecule has 0 aliphatic carbocycles. The first-order valence-electron chi connectivity index (χ1n) is 13.5. The number of hydrogen-bond donors (Lipinski definition) is 7. The average Bonchev–Trinajstić information content (AvgIpc) is 3.58. The standard InChI is InChI=1S/C27H38N6O7/c28-12-4-3-8-20(27(39)40)31-25(37)22-9-5-13-33(22)26(38)21(32-24(36)18(29)10-11-23(34)35)14-16-15-30-19-7-2-1-6-17(16)19/h1-2,6-7,15,18,20-22,30H,3-5,8-14,28-29H2,(H,31,37)(H,32,36)(H,34,35)(H,39,40). The zero-order valence-corrected chi connectivity index (χ0v) is 22.3. The summed E-state index contributed by atoms with van der Waals surface area (Å²) in [5, 5.41) is 24.6. The van der Waals surface area contributed by atoms with Crippen molar-refractivity contribution in [2.45, 2.75) is 75.5 Å². The first-order valence-corrected chi connectivity index (χ1v) is 13.5. The number of nitrogens with one attached hydrogen (secondary N) is 3. The van der Waals surface area contributed by atoms with Gasteiger partial charge in [0, 0.05) is 36.5 Å². The highest BCUT2D eigenvalue weighted by Gasteiger charge is 2.39. The zero-order valence-electron chi connectivity index (χ0n) is 22.3. The lowest BCUT2D eigenvalue weighted by atomic mass is 10.0. The molecule has 1 saturated heterocycles. The maximum absolute atomic E-state index is 13.8. The predicted molar refractivity (Wildman–Crippen MR) is 146 cm³/mol. The van der Waals surface area contributed by atoms with Gasteiger partial charge in [-0.2, -0.15) is 0 Å². The van der Waals surface area contributed by atoms with Crippen molar-refractivity contribution >= 4 is 40.6 Å². The molecule has 3 amide bonds. The molecule has 0 bridgehead atoms. The molecule has 1 aliphatic heterocycles. The van der Waals surface area contributed by atoms with Gasteiger partial charge in [0.25, 0.3) is 0 Å². The Bertz CT molecular complexity index is 1210. The molecule has 3 rings (SSSR count). The third-order valence-electron chi connectivity index (χ3n) is 7.12. The van der Waals surface area contributed by atoms with Crippen LogP contribution in [-0.4, -0.2) is 87.0 Å². The van der Waals surface area contributed by atoms with Gasteiger partial charge in [-0.3, -0.25) is 19.2 Å². The molecule has 1 aliphatic rings. The number of carboxylic acids is 2. The summed E-state index contributed by atoms with van der Waals surface area (Å²) in [7, 11) is 0. The number of carbonyl (C=O) groups excluding carboxylic acids is 3. The van der Waals surface area contributed by atoms with Crippen LogP contribution in [0.25, 0.3) is 10.9 Å². The van der Waals surface area contributed by atoms with Crippen LogP contribution in [0.2, 0.25) is 0 Å². The lowest BCUT2D eigenvalue weighted by molar-refractivity contribution is -0.145. The topological polar surface area (TPSA) is 221 Å². The second-order valence-electron chi connectivity index (χ2n) is 10.0. The number of nitrogens with zero attached hydrogens (tertiary/aromatic N) is 1. The number of carboxylic acid groups (broad SMARTS) is 2. The Labute approximate surface area is 231 Å². The van der Waals surface area contributed by atoms with Gasteiger partial charge in [0.2, 0.25) is 17.7 Å². The number of amides is 3. The number of fused-ring (bicyclic) bond motifs is 1. The van der Waals surface area contributed by atoms with Crippen molar-refractivity contribution in [3.8, 4) is 0 Å². The molecular weight excluding hydrogens is 520 g/mol. The van der Waals surface area contributed by atoms with Crippen LogP contribution in [0.1, 0.15) is 50.5 Å². The molecule has 2 aromatic rings. The fourth-order valence-electron chi connectivity index (χ4n) is 4.93. The Hall–Kier alpha value is -3.97. The second-order valence-corrected chi connectivity index (χ2v) is 10.0. The molecule has 13 heteroatoms. The molecule has 1 aromatic heterocycles. The van der Waals surface area contributed by atoms with E-state index in [0.717, 1.165) is 16.5 Å². The zero-order chi connectivity index (χ0) is 29.2. The number of likely N-dealkylation sites (tertiary alicyclic amines) is 1. The number of benzene rings is 1. The van der Waals surface area contributed by atoms with E-state index in [1.54, 1.807) is 6.20 Å². The molecule has 2 heterocycles. The van der Waals surface area contributed by atoms with E-state index < -0.39 is 53.8 Å². The van der Waals surface area contributed by atoms with E-state index in [-0.39, 0.29) is 32.2 Å². The highest BCUT2D eigenvalue weighted by molar-refractivity contribution is 5.95. The molecule has 4 atom stereocenters. The summed E-state index contributed by atoms with van der Waals surface area (Å²) in [6.45, 7) is 0.668. The maximum Gasteiger partial charge on any atom is 0.326 e. The fraction of sp³-hybridized carbons (Fsp3) is 0.519. The molecule has 13 nitrogen and oxygen atoms in total. The van der Waals surface area contributed by atoms with Crippen LogP contribution in [0.3, 0.4) is 0 Å². The van der Waals surface area contributed by atoms with Gasteiger partial charge in [-0.15, -0.1) is 0 Å². The number of carbonyl (C=O) groups is 5. The quantitative estimate of drug-likeness (QED) is 0.147. The van der Waals surface area contributed by atoms with Crippen LogP contribution in [0.15, 0.2) is 30.5 Å². The smallest absolute Gasteiger partial charge is 0.326 e. The molecule has 0 saturated carbocycles. The third-order valence-corrected chi connectivity index (χ3v) is 7.12. The Balaban J connectivity index is 1.79. The monoisotopic (exact) mass is 558 g/mol. The minimum absolute atomic E-state index is 0.0991. The number of para-hydroxylation sites is 1. The van der Waals surface area contributed by atoms with Gasteiger partial charge in [-0.1, -0.05) is 18.2 Å². The van der Waals surface area contributed by atoms with Crippen molar-refractivity contribution in [1.82, 2.24) is 20.5 Å². The van der Waals surface area contributed by atoms with E-state index in [2.05, 4.69) is 15.6 Å². The summed E-state index contributed by atoms with van der Waals surface area (Å²) >= 11 is 0. The predicted octanol–water partition coefficient (Wildman–Crippen LogP) is 0.0767. The Kier molecular flexibility index (Phi) is 11.0. The van der Waals surface area contributed by atoms with E-state index in [4.69, 9.17) is 16.6 Å². The number of aromatic amines is 1. The Morgan fingerprint density at radius 1 is 1.05 bits per heavy atom. The molecule has 1 fully saturated rings. The minimum Gasteiger partial charge on any atom is -0.481 e. The van der Waals surface area contributed by atoms with Gasteiger partial charge in [-0.25, -0.2) is 4.79 Å². The molecule has 0 spiro atoms. The number of rotatable bonds is 15. The lowest BCUT2D eigenvalue weighted by Gasteiger charge is -2.30. The van der Waals surface area contributed by atoms with Gasteiger partial charge in [0.1, 0.15) is 18.1 Å². The molecule has 0 radical (unpaired) electrons. The molecule has 40 heavy (non-hydrogen) atoms. The van der Waals surface area contributed by atoms with Crippen LogP contribution in [0.4, 0.5) is 0 Å². The molecule has 218 valence electrons. The molecule has 9 N–H and O–H groups in total. The first kappa shape index (κ1) is 30.6. The summed E-state index contributed by atoms with van der Waals surface area (Å²) in [6, 6.07) is 3.24. The normalized spacial score (nSPS) is 17.2. The van der Waals surface area contributed by atoms with Gasteiger partial charge < -0.3 is 42.2 Å². The van der Waals surface area contributed by atoms with Crippen molar-refractivity contribution < 1.29 is 34.2 Å². The highest BCUT2D eigenvalue weighted by atomic mass is 16.4. The second kappa shape index (κ2) is 14.4. The fourth-order valence-corrected chi connectivity index (χ4v) is 4.93. The van der Waals surface area contributed by atoms with Gasteiger partial charge in [-0.05, 0) is 56.7 Å². The van der Waals surface area contributed by atoms with Crippen molar-refractivity contribution in [3.05, 3.63) is 36.0 Å². The van der Waals surface area contributed by atoms with Crippen molar-refractivity contribution in [1.29, 1.82) is 0 Å². The molecule has 1 aromatic carbocycles. The van der Waals surface area contributed by atoms with Gasteiger partial charge in [0.05, 0.1) is 6.04 Å². The lowest BCUT2D eigenvalue weighted by Crippen LogP contribution is -2.57. The van der Waals surface area contributed by atoms with Crippen LogP contribution < -0.4 is 22.1 Å². The van der Waals surface area contributed by atoms with Gasteiger partial charge >= 0.3 is 11.9 Å². The van der Waals surface area contributed by atoms with Crippen LogP contribution in [-0.2, 0) is 30.4 Å². The highest BCUT2D eigenvalue weighted by Crippen LogP contribution is 2.23. The Morgan fingerprint density at radius 3 is 2.50 bits per heavy atom. The molecule has 4 unspecified atom stereocenters. The first-order chi connectivity index (χ1) is 19.1. The van der Waals surface area contributed by atoms with Crippen molar-refractivity contribution in [2.24, 2.45) is 11.5 Å². The van der Waals surface area contributed by atoms with Crippen LogP contribution >= 0.6 is 0 Å². The molecular formula is C27H38N6O7. The van der Waals surface area contributed by atoms with Crippen molar-refractivity contribution in [2.75, 3.05) is 13.1 Å². The minimum atomic E-state index is -1.17. The van der Waals surface area contributed by atoms with E-state index in [0.29, 0.717) is 32.2 Å². The summed E-state index contributed by atoms with van der Waals surface area (Å²) < 4.78 is 0. The number of hydrogen-bond acceptors (Lipinski definition) is 7. The van der Waals surface area contributed by atoms with E-state index >= 15 is 0 Å². The number of H-pyrrole nitrogens is 1. The van der Waals surface area contributed by atoms with E-state index in [1.165, 1.54) is 4.90 Å². The van der Waals surface area contributed by atoms with Crippen LogP contribution in [0.5, 0.6) is 0 Å². The van der Waals surface area contributed by atoms with Gasteiger partial charge in [0.15, 0.2) is 0 Å². The number of unbranched alkanes of at least 4 members (excludes halogenated alkanes) is 1.